The molecule has 0 saturated carbocycles. The van der Waals surface area contributed by atoms with Crippen LogP contribution in [0.3, 0.4) is 0 Å². The SMILES string of the molecule is CCC1c2ccsc2CCN1C(=O)c1cc(OC)cc(OC)c1. The minimum atomic E-state index is 0.0332. The third-order valence-corrected chi connectivity index (χ3v) is 5.34. The van der Waals surface area contributed by atoms with E-state index in [1.165, 1.54) is 10.4 Å². The summed E-state index contributed by atoms with van der Waals surface area (Å²) in [5.74, 6) is 1.30. The molecular formula is C18H21NO3S. The molecule has 0 bridgehead atoms. The molecule has 0 radical (unpaired) electrons. The highest BCUT2D eigenvalue weighted by atomic mass is 32.1. The summed E-state index contributed by atoms with van der Waals surface area (Å²) in [5.41, 5.74) is 1.91. The predicted octanol–water partition coefficient (Wildman–Crippen LogP) is 3.91. The molecule has 23 heavy (non-hydrogen) atoms. The van der Waals surface area contributed by atoms with Crippen molar-refractivity contribution in [3.8, 4) is 11.5 Å². The van der Waals surface area contributed by atoms with Crippen LogP contribution in [0.4, 0.5) is 0 Å². The molecule has 1 aliphatic rings. The lowest BCUT2D eigenvalue weighted by molar-refractivity contribution is 0.0656. The smallest absolute Gasteiger partial charge is 0.254 e. The van der Waals surface area contributed by atoms with Crippen molar-refractivity contribution < 1.29 is 14.3 Å². The van der Waals surface area contributed by atoms with Gasteiger partial charge in [0.25, 0.3) is 5.91 Å². The summed E-state index contributed by atoms with van der Waals surface area (Å²) in [6, 6.07) is 7.64. The van der Waals surface area contributed by atoms with Gasteiger partial charge >= 0.3 is 0 Å². The van der Waals surface area contributed by atoms with Crippen LogP contribution in [0.1, 0.15) is 40.2 Å². The van der Waals surface area contributed by atoms with Gasteiger partial charge in [-0.15, -0.1) is 11.3 Å². The number of amides is 1. The molecule has 2 heterocycles. The summed E-state index contributed by atoms with van der Waals surface area (Å²) in [6.45, 7) is 2.88. The standard InChI is InChI=1S/C18H21NO3S/c1-4-16-15-6-8-23-17(15)5-7-19(16)18(20)12-9-13(21-2)11-14(10-12)22-3/h6,8-11,16H,4-5,7H2,1-3H3. The molecule has 0 fully saturated rings. The molecule has 1 unspecified atom stereocenters. The van der Waals surface area contributed by atoms with Crippen molar-refractivity contribution in [1.29, 1.82) is 0 Å². The van der Waals surface area contributed by atoms with E-state index in [-0.39, 0.29) is 11.9 Å². The maximum atomic E-state index is 13.1. The number of carbonyl (C=O) groups excluding carboxylic acids is 1. The molecule has 0 N–H and O–H groups in total. The highest BCUT2D eigenvalue weighted by Gasteiger charge is 2.31. The zero-order valence-electron chi connectivity index (χ0n) is 13.7. The van der Waals surface area contributed by atoms with Crippen LogP contribution >= 0.6 is 11.3 Å². The maximum Gasteiger partial charge on any atom is 0.254 e. The van der Waals surface area contributed by atoms with Crippen LogP contribution in [-0.2, 0) is 6.42 Å². The first-order valence-electron chi connectivity index (χ1n) is 7.78. The minimum Gasteiger partial charge on any atom is -0.497 e. The molecule has 0 spiro atoms. The molecule has 1 aliphatic heterocycles. The Morgan fingerprint density at radius 3 is 2.57 bits per heavy atom. The number of benzene rings is 1. The van der Waals surface area contributed by atoms with E-state index in [4.69, 9.17) is 9.47 Å². The highest BCUT2D eigenvalue weighted by molar-refractivity contribution is 7.10. The zero-order chi connectivity index (χ0) is 16.4. The van der Waals surface area contributed by atoms with E-state index in [0.29, 0.717) is 17.1 Å². The zero-order valence-corrected chi connectivity index (χ0v) is 14.5. The van der Waals surface area contributed by atoms with Crippen molar-refractivity contribution in [3.05, 3.63) is 45.6 Å². The molecule has 1 aromatic heterocycles. The van der Waals surface area contributed by atoms with E-state index >= 15 is 0 Å². The number of rotatable bonds is 4. The second kappa shape index (κ2) is 6.62. The molecule has 1 aromatic carbocycles. The Kier molecular flexibility index (Phi) is 4.57. The van der Waals surface area contributed by atoms with Gasteiger partial charge in [0.05, 0.1) is 20.3 Å². The van der Waals surface area contributed by atoms with Crippen LogP contribution in [-0.4, -0.2) is 31.6 Å². The van der Waals surface area contributed by atoms with Crippen molar-refractivity contribution in [2.75, 3.05) is 20.8 Å². The Morgan fingerprint density at radius 1 is 1.26 bits per heavy atom. The summed E-state index contributed by atoms with van der Waals surface area (Å²) >= 11 is 1.79. The molecule has 3 rings (SSSR count). The van der Waals surface area contributed by atoms with Gasteiger partial charge in [0.15, 0.2) is 0 Å². The number of nitrogens with zero attached hydrogens (tertiary/aromatic N) is 1. The molecular weight excluding hydrogens is 310 g/mol. The first-order valence-corrected chi connectivity index (χ1v) is 8.66. The largest absolute Gasteiger partial charge is 0.497 e. The van der Waals surface area contributed by atoms with Gasteiger partial charge in [0.2, 0.25) is 0 Å². The lowest BCUT2D eigenvalue weighted by atomic mass is 9.97. The van der Waals surface area contributed by atoms with Gasteiger partial charge in [-0.05, 0) is 42.0 Å². The van der Waals surface area contributed by atoms with Crippen molar-refractivity contribution in [2.45, 2.75) is 25.8 Å². The minimum absolute atomic E-state index is 0.0332. The van der Waals surface area contributed by atoms with Gasteiger partial charge in [0, 0.05) is 23.1 Å². The first-order chi connectivity index (χ1) is 11.2. The molecule has 5 heteroatoms. The summed E-state index contributed by atoms with van der Waals surface area (Å²) in [5, 5.41) is 2.12. The van der Waals surface area contributed by atoms with Crippen LogP contribution in [0.2, 0.25) is 0 Å². The third kappa shape index (κ3) is 2.93. The van der Waals surface area contributed by atoms with Crippen LogP contribution in [0, 0.1) is 0 Å². The second-order valence-electron chi connectivity index (χ2n) is 5.57. The molecule has 0 aliphatic carbocycles. The van der Waals surface area contributed by atoms with E-state index < -0.39 is 0 Å². The lowest BCUT2D eigenvalue weighted by Crippen LogP contribution is -2.39. The fourth-order valence-electron chi connectivity index (χ4n) is 3.18. The van der Waals surface area contributed by atoms with Crippen LogP contribution in [0.25, 0.3) is 0 Å². The molecule has 1 atom stereocenters. The summed E-state index contributed by atoms with van der Waals surface area (Å²) in [6.07, 6.45) is 1.84. The molecule has 2 aromatic rings. The van der Waals surface area contributed by atoms with Crippen LogP contribution in [0.5, 0.6) is 11.5 Å². The molecule has 1 amide bonds. The molecule has 0 saturated heterocycles. The Balaban J connectivity index is 1.94. The van der Waals surface area contributed by atoms with Crippen molar-refractivity contribution in [2.24, 2.45) is 0 Å². The predicted molar refractivity (Wildman–Crippen MR) is 91.6 cm³/mol. The Bertz CT molecular complexity index is 688. The number of fused-ring (bicyclic) bond motifs is 1. The van der Waals surface area contributed by atoms with Gasteiger partial charge in [-0.3, -0.25) is 4.79 Å². The number of carbonyl (C=O) groups is 1. The summed E-state index contributed by atoms with van der Waals surface area (Å²) in [4.78, 5) is 16.4. The van der Waals surface area contributed by atoms with Crippen molar-refractivity contribution in [1.82, 2.24) is 4.90 Å². The number of methoxy groups -OCH3 is 2. The quantitative estimate of drug-likeness (QED) is 0.852. The number of ether oxygens (including phenoxy) is 2. The van der Waals surface area contributed by atoms with E-state index in [1.54, 1.807) is 43.8 Å². The Labute approximate surface area is 140 Å². The van der Waals surface area contributed by atoms with Crippen molar-refractivity contribution in [3.63, 3.8) is 0 Å². The normalized spacial score (nSPS) is 16.8. The number of thiophene rings is 1. The van der Waals surface area contributed by atoms with Gasteiger partial charge < -0.3 is 14.4 Å². The fourth-order valence-corrected chi connectivity index (χ4v) is 4.10. The second-order valence-corrected chi connectivity index (χ2v) is 6.57. The molecule has 122 valence electrons. The highest BCUT2D eigenvalue weighted by Crippen LogP contribution is 2.36. The average molecular weight is 331 g/mol. The topological polar surface area (TPSA) is 38.8 Å². The van der Waals surface area contributed by atoms with E-state index in [0.717, 1.165) is 19.4 Å². The lowest BCUT2D eigenvalue weighted by Gasteiger charge is -2.35. The average Bonchev–Trinajstić information content (AvgIpc) is 3.08. The fraction of sp³-hybridized carbons (Fsp3) is 0.389. The van der Waals surface area contributed by atoms with E-state index in [9.17, 15) is 4.79 Å². The number of hydrogen-bond acceptors (Lipinski definition) is 4. The van der Waals surface area contributed by atoms with E-state index in [1.807, 2.05) is 4.90 Å². The third-order valence-electron chi connectivity index (χ3n) is 4.34. The Morgan fingerprint density at radius 2 is 1.96 bits per heavy atom. The van der Waals surface area contributed by atoms with Crippen molar-refractivity contribution >= 4 is 17.2 Å². The Hall–Kier alpha value is -2.01. The van der Waals surface area contributed by atoms with Gasteiger partial charge in [-0.2, -0.15) is 0 Å². The first kappa shape index (κ1) is 15.9. The van der Waals surface area contributed by atoms with Crippen LogP contribution in [0.15, 0.2) is 29.6 Å². The van der Waals surface area contributed by atoms with Crippen LogP contribution < -0.4 is 9.47 Å². The molecule has 4 nitrogen and oxygen atoms in total. The van der Waals surface area contributed by atoms with E-state index in [2.05, 4.69) is 18.4 Å². The van der Waals surface area contributed by atoms with Gasteiger partial charge in [0.1, 0.15) is 11.5 Å². The van der Waals surface area contributed by atoms with Gasteiger partial charge in [-0.25, -0.2) is 0 Å². The number of hydrogen-bond donors (Lipinski definition) is 0. The monoisotopic (exact) mass is 331 g/mol. The summed E-state index contributed by atoms with van der Waals surface area (Å²) < 4.78 is 10.6. The maximum absolute atomic E-state index is 13.1. The van der Waals surface area contributed by atoms with Gasteiger partial charge in [-0.1, -0.05) is 6.92 Å². The summed E-state index contributed by atoms with van der Waals surface area (Å²) in [7, 11) is 3.19.